The summed E-state index contributed by atoms with van der Waals surface area (Å²) >= 11 is 0. The number of methoxy groups -OCH3 is 1. The molecule has 5 nitrogen and oxygen atoms in total. The van der Waals surface area contributed by atoms with E-state index >= 15 is 0 Å². The minimum absolute atomic E-state index is 0.322. The van der Waals surface area contributed by atoms with Gasteiger partial charge in [0.25, 0.3) is 0 Å². The van der Waals surface area contributed by atoms with Gasteiger partial charge in [-0.05, 0) is 24.1 Å². The van der Waals surface area contributed by atoms with Crippen molar-refractivity contribution in [2.45, 2.75) is 58.2 Å². The number of aliphatic hydroxyl groups excluding tert-OH is 2. The molecule has 0 aromatic heterocycles. The van der Waals surface area contributed by atoms with Crippen LogP contribution >= 0.6 is 0 Å². The van der Waals surface area contributed by atoms with Gasteiger partial charge in [0.15, 0.2) is 11.5 Å². The van der Waals surface area contributed by atoms with Crippen LogP contribution in [0.5, 0.6) is 11.5 Å². The molecule has 0 heterocycles. The van der Waals surface area contributed by atoms with Gasteiger partial charge < -0.3 is 19.7 Å². The average molecular weight is 336 g/mol. The quantitative estimate of drug-likeness (QED) is 0.389. The van der Waals surface area contributed by atoms with E-state index in [-0.39, 0.29) is 0 Å². The molecule has 0 saturated heterocycles. The van der Waals surface area contributed by atoms with E-state index in [1.807, 2.05) is 0 Å². The molecule has 2 atom stereocenters. The highest BCUT2D eigenvalue weighted by Gasteiger charge is 2.10. The first-order valence-electron chi connectivity index (χ1n) is 8.37. The van der Waals surface area contributed by atoms with Crippen molar-refractivity contribution in [1.29, 1.82) is 0 Å². The van der Waals surface area contributed by atoms with Gasteiger partial charge >= 0.3 is 5.97 Å². The van der Waals surface area contributed by atoms with Crippen LogP contribution in [0, 0.1) is 0 Å². The van der Waals surface area contributed by atoms with Crippen LogP contribution < -0.4 is 9.47 Å². The van der Waals surface area contributed by atoms with Crippen LogP contribution in [0.1, 0.15) is 51.5 Å². The fourth-order valence-electron chi connectivity index (χ4n) is 2.35. The first kappa shape index (κ1) is 20.2. The summed E-state index contributed by atoms with van der Waals surface area (Å²) in [4.78, 5) is 11.0. The van der Waals surface area contributed by atoms with Crippen LogP contribution in [0.3, 0.4) is 0 Å². The van der Waals surface area contributed by atoms with Crippen molar-refractivity contribution in [1.82, 2.24) is 0 Å². The maximum atomic E-state index is 11.0. The number of ether oxygens (including phenoxy) is 2. The molecule has 0 aliphatic rings. The van der Waals surface area contributed by atoms with Crippen LogP contribution in [-0.4, -0.2) is 35.5 Å². The van der Waals surface area contributed by atoms with Crippen LogP contribution in [0.4, 0.5) is 0 Å². The van der Waals surface area contributed by atoms with Crippen molar-refractivity contribution in [3.63, 3.8) is 0 Å². The molecule has 0 aliphatic heterocycles. The van der Waals surface area contributed by atoms with Gasteiger partial charge in [-0.25, -0.2) is 0 Å². The Morgan fingerprint density at radius 3 is 2.62 bits per heavy atom. The third-order valence-electron chi connectivity index (χ3n) is 3.61. The summed E-state index contributed by atoms with van der Waals surface area (Å²) in [6, 6.07) is 5.13. The summed E-state index contributed by atoms with van der Waals surface area (Å²) in [7, 11) is 1.50. The molecule has 0 fully saturated rings. The van der Waals surface area contributed by atoms with Crippen molar-refractivity contribution in [2.24, 2.45) is 0 Å². The molecule has 134 valence electrons. The second kappa shape index (κ2) is 10.8. The van der Waals surface area contributed by atoms with Crippen LogP contribution in [-0.2, 0) is 4.79 Å². The predicted molar refractivity (Wildman–Crippen MR) is 94.1 cm³/mol. The molecule has 0 radical (unpaired) electrons. The van der Waals surface area contributed by atoms with Gasteiger partial charge in [0, 0.05) is 13.3 Å². The maximum Gasteiger partial charge on any atom is 0.308 e. The second-order valence-corrected chi connectivity index (χ2v) is 5.82. The van der Waals surface area contributed by atoms with Gasteiger partial charge in [-0.3, -0.25) is 4.79 Å². The van der Waals surface area contributed by atoms with Gasteiger partial charge in [0.1, 0.15) is 0 Å². The number of esters is 1. The van der Waals surface area contributed by atoms with Crippen molar-refractivity contribution in [2.75, 3.05) is 7.11 Å². The van der Waals surface area contributed by atoms with E-state index in [0.29, 0.717) is 24.3 Å². The lowest BCUT2D eigenvalue weighted by atomic mass is 10.0. The molecule has 1 aromatic carbocycles. The van der Waals surface area contributed by atoms with E-state index in [0.717, 1.165) is 24.8 Å². The van der Waals surface area contributed by atoms with E-state index in [4.69, 9.17) is 9.47 Å². The lowest BCUT2D eigenvalue weighted by molar-refractivity contribution is -0.132. The fraction of sp³-hybridized carbons (Fsp3) is 0.526. The number of carbonyl (C=O) groups excluding carboxylic acids is 1. The molecule has 0 unspecified atom stereocenters. The summed E-state index contributed by atoms with van der Waals surface area (Å²) < 4.78 is 10.2. The van der Waals surface area contributed by atoms with Crippen molar-refractivity contribution in [3.05, 3.63) is 29.8 Å². The fourth-order valence-corrected chi connectivity index (χ4v) is 2.35. The molecular formula is C19H28O5. The number of benzene rings is 1. The number of aliphatic hydroxyl groups is 2. The summed E-state index contributed by atoms with van der Waals surface area (Å²) in [6.07, 6.45) is 6.41. The molecule has 0 spiro atoms. The third kappa shape index (κ3) is 7.62. The highest BCUT2D eigenvalue weighted by molar-refractivity contribution is 5.71. The van der Waals surface area contributed by atoms with E-state index in [2.05, 4.69) is 6.92 Å². The smallest absolute Gasteiger partial charge is 0.308 e. The standard InChI is InChI=1S/C19H28O5/c1-4-5-6-7-16(21)13-17(22)10-8-15-9-11-18(24-14(2)20)19(12-15)23-3/h8-12,16-17,21-22H,4-7,13H2,1-3H3/b10-8+/t16-,17-/m0/s1. The lowest BCUT2D eigenvalue weighted by Gasteiger charge is -2.13. The Morgan fingerprint density at radius 1 is 1.25 bits per heavy atom. The molecule has 5 heteroatoms. The average Bonchev–Trinajstić information content (AvgIpc) is 2.53. The Bertz CT molecular complexity index is 539. The Kier molecular flexibility index (Phi) is 9.12. The predicted octanol–water partition coefficient (Wildman–Crippen LogP) is 3.33. The monoisotopic (exact) mass is 336 g/mol. The van der Waals surface area contributed by atoms with Crippen molar-refractivity contribution < 1.29 is 24.5 Å². The Hall–Kier alpha value is -1.85. The topological polar surface area (TPSA) is 76.0 Å². The Morgan fingerprint density at radius 2 is 2.00 bits per heavy atom. The summed E-state index contributed by atoms with van der Waals surface area (Å²) in [6.45, 7) is 3.44. The van der Waals surface area contributed by atoms with Gasteiger partial charge in [-0.15, -0.1) is 0 Å². The zero-order valence-corrected chi connectivity index (χ0v) is 14.7. The van der Waals surface area contributed by atoms with Crippen LogP contribution in [0.15, 0.2) is 24.3 Å². The normalized spacial score (nSPS) is 13.7. The third-order valence-corrected chi connectivity index (χ3v) is 3.61. The van der Waals surface area contributed by atoms with Crippen LogP contribution in [0.2, 0.25) is 0 Å². The minimum atomic E-state index is -0.708. The lowest BCUT2D eigenvalue weighted by Crippen LogP contribution is -2.15. The number of carbonyl (C=O) groups is 1. The zero-order chi connectivity index (χ0) is 17.9. The number of hydrogen-bond acceptors (Lipinski definition) is 5. The summed E-state index contributed by atoms with van der Waals surface area (Å²) in [5.41, 5.74) is 0.808. The summed E-state index contributed by atoms with van der Waals surface area (Å²) in [5.74, 6) is 0.388. The van der Waals surface area contributed by atoms with Gasteiger partial charge in [-0.2, -0.15) is 0 Å². The van der Waals surface area contributed by atoms with E-state index in [9.17, 15) is 15.0 Å². The first-order valence-corrected chi connectivity index (χ1v) is 8.37. The molecule has 0 amide bonds. The number of unbranched alkanes of at least 4 members (excludes halogenated alkanes) is 2. The second-order valence-electron chi connectivity index (χ2n) is 5.82. The molecule has 0 aliphatic carbocycles. The van der Waals surface area contributed by atoms with E-state index < -0.39 is 18.2 Å². The molecule has 0 bridgehead atoms. The molecular weight excluding hydrogens is 308 g/mol. The highest BCUT2D eigenvalue weighted by atomic mass is 16.6. The Balaban J connectivity index is 2.61. The van der Waals surface area contributed by atoms with E-state index in [1.54, 1.807) is 30.4 Å². The van der Waals surface area contributed by atoms with Gasteiger partial charge in [0.2, 0.25) is 0 Å². The van der Waals surface area contributed by atoms with Crippen LogP contribution in [0.25, 0.3) is 6.08 Å². The maximum absolute atomic E-state index is 11.0. The minimum Gasteiger partial charge on any atom is -0.493 e. The molecule has 2 N–H and O–H groups in total. The molecule has 24 heavy (non-hydrogen) atoms. The molecule has 1 rings (SSSR count). The largest absolute Gasteiger partial charge is 0.493 e. The number of hydrogen-bond donors (Lipinski definition) is 2. The van der Waals surface area contributed by atoms with E-state index in [1.165, 1.54) is 14.0 Å². The Labute approximate surface area is 143 Å². The van der Waals surface area contributed by atoms with Gasteiger partial charge in [0.05, 0.1) is 19.3 Å². The van der Waals surface area contributed by atoms with Crippen molar-refractivity contribution >= 4 is 12.0 Å². The molecule has 0 saturated carbocycles. The van der Waals surface area contributed by atoms with Gasteiger partial charge in [-0.1, -0.05) is 44.4 Å². The highest BCUT2D eigenvalue weighted by Crippen LogP contribution is 2.28. The SMILES string of the molecule is CCCCC[C@H](O)C[C@@H](O)/C=C/c1ccc(OC(C)=O)c(OC)c1. The first-order chi connectivity index (χ1) is 11.5. The number of rotatable bonds is 10. The van der Waals surface area contributed by atoms with Crippen molar-refractivity contribution in [3.8, 4) is 11.5 Å². The molecule has 1 aromatic rings. The zero-order valence-electron chi connectivity index (χ0n) is 14.7. The summed E-state index contributed by atoms with van der Waals surface area (Å²) in [5, 5.41) is 19.9.